The third kappa shape index (κ3) is 1.47. The van der Waals surface area contributed by atoms with Crippen molar-refractivity contribution < 1.29 is 0 Å². The Morgan fingerprint density at radius 2 is 2.29 bits per heavy atom. The number of nitrogens with one attached hydrogen (secondary N) is 1. The SMILES string of the molecule is Cc1cnc(-c2ncn[nH]2)nc1CN. The fraction of sp³-hybridized carbons (Fsp3) is 0.250. The largest absolute Gasteiger partial charge is 0.325 e. The summed E-state index contributed by atoms with van der Waals surface area (Å²) >= 11 is 0. The van der Waals surface area contributed by atoms with Gasteiger partial charge in [0.2, 0.25) is 0 Å². The molecule has 0 unspecified atom stereocenters. The number of aromatic amines is 1. The van der Waals surface area contributed by atoms with Crippen LogP contribution in [0.2, 0.25) is 0 Å². The molecule has 2 rings (SSSR count). The monoisotopic (exact) mass is 190 g/mol. The van der Waals surface area contributed by atoms with E-state index in [1.807, 2.05) is 6.92 Å². The van der Waals surface area contributed by atoms with E-state index in [1.165, 1.54) is 6.33 Å². The van der Waals surface area contributed by atoms with Crippen molar-refractivity contribution in [3.63, 3.8) is 0 Å². The van der Waals surface area contributed by atoms with Gasteiger partial charge >= 0.3 is 0 Å². The predicted molar refractivity (Wildman–Crippen MR) is 50.0 cm³/mol. The molecule has 0 amide bonds. The Morgan fingerprint density at radius 1 is 1.43 bits per heavy atom. The van der Waals surface area contributed by atoms with Gasteiger partial charge in [-0.15, -0.1) is 0 Å². The number of rotatable bonds is 2. The summed E-state index contributed by atoms with van der Waals surface area (Å²) < 4.78 is 0. The fourth-order valence-corrected chi connectivity index (χ4v) is 1.11. The second-order valence-corrected chi connectivity index (χ2v) is 2.86. The molecule has 0 aliphatic heterocycles. The Balaban J connectivity index is 2.46. The summed E-state index contributed by atoms with van der Waals surface area (Å²) in [6.07, 6.45) is 3.15. The highest BCUT2D eigenvalue weighted by molar-refractivity contribution is 5.42. The van der Waals surface area contributed by atoms with Gasteiger partial charge in [-0.05, 0) is 12.5 Å². The lowest BCUT2D eigenvalue weighted by Gasteiger charge is -2.02. The lowest BCUT2D eigenvalue weighted by molar-refractivity contribution is 0.934. The van der Waals surface area contributed by atoms with Crippen molar-refractivity contribution in [2.75, 3.05) is 0 Å². The molecule has 0 bridgehead atoms. The predicted octanol–water partition coefficient (Wildman–Crippen LogP) is 0.0288. The first-order valence-electron chi connectivity index (χ1n) is 4.19. The van der Waals surface area contributed by atoms with Crippen molar-refractivity contribution in [3.05, 3.63) is 23.8 Å². The molecule has 0 atom stereocenters. The van der Waals surface area contributed by atoms with E-state index in [2.05, 4.69) is 25.1 Å². The summed E-state index contributed by atoms with van der Waals surface area (Å²) in [4.78, 5) is 12.4. The van der Waals surface area contributed by atoms with Crippen molar-refractivity contribution in [2.24, 2.45) is 5.73 Å². The highest BCUT2D eigenvalue weighted by atomic mass is 15.2. The van der Waals surface area contributed by atoms with E-state index >= 15 is 0 Å². The summed E-state index contributed by atoms with van der Waals surface area (Å²) in [7, 11) is 0. The van der Waals surface area contributed by atoms with Crippen molar-refractivity contribution in [3.8, 4) is 11.6 Å². The van der Waals surface area contributed by atoms with Crippen LogP contribution in [-0.2, 0) is 6.54 Å². The first kappa shape index (κ1) is 8.76. The summed E-state index contributed by atoms with van der Waals surface area (Å²) in [6.45, 7) is 2.32. The fourth-order valence-electron chi connectivity index (χ4n) is 1.11. The maximum absolute atomic E-state index is 5.54. The molecule has 6 heteroatoms. The van der Waals surface area contributed by atoms with Crippen LogP contribution in [0.15, 0.2) is 12.5 Å². The molecule has 0 saturated heterocycles. The zero-order chi connectivity index (χ0) is 9.97. The minimum atomic E-state index is 0.398. The van der Waals surface area contributed by atoms with Crippen LogP contribution in [0, 0.1) is 6.92 Å². The Bertz CT molecular complexity index is 421. The number of aryl methyl sites for hydroxylation is 1. The molecule has 2 aromatic rings. The highest BCUT2D eigenvalue weighted by Crippen LogP contribution is 2.09. The molecule has 0 aromatic carbocycles. The molecular formula is C8H10N6. The summed E-state index contributed by atoms with van der Waals surface area (Å²) in [5.74, 6) is 1.08. The van der Waals surface area contributed by atoms with E-state index in [-0.39, 0.29) is 0 Å². The van der Waals surface area contributed by atoms with Crippen LogP contribution in [0.25, 0.3) is 11.6 Å². The van der Waals surface area contributed by atoms with Gasteiger partial charge in [0, 0.05) is 12.7 Å². The Morgan fingerprint density at radius 3 is 2.93 bits per heavy atom. The average Bonchev–Trinajstić information content (AvgIpc) is 2.71. The number of hydrogen-bond acceptors (Lipinski definition) is 5. The van der Waals surface area contributed by atoms with E-state index < -0.39 is 0 Å². The minimum Gasteiger partial charge on any atom is -0.325 e. The molecule has 3 N–H and O–H groups in total. The van der Waals surface area contributed by atoms with Crippen LogP contribution in [0.1, 0.15) is 11.3 Å². The first-order valence-corrected chi connectivity index (χ1v) is 4.19. The van der Waals surface area contributed by atoms with Crippen molar-refractivity contribution in [2.45, 2.75) is 13.5 Å². The Hall–Kier alpha value is -1.82. The molecule has 72 valence electrons. The Kier molecular flexibility index (Phi) is 2.19. The minimum absolute atomic E-state index is 0.398. The van der Waals surface area contributed by atoms with Crippen molar-refractivity contribution in [1.82, 2.24) is 25.1 Å². The molecule has 0 fully saturated rings. The van der Waals surface area contributed by atoms with Gasteiger partial charge in [0.25, 0.3) is 0 Å². The lowest BCUT2D eigenvalue weighted by Crippen LogP contribution is -2.05. The van der Waals surface area contributed by atoms with Crippen LogP contribution in [0.4, 0.5) is 0 Å². The van der Waals surface area contributed by atoms with E-state index in [4.69, 9.17) is 5.73 Å². The molecule has 0 aliphatic carbocycles. The van der Waals surface area contributed by atoms with Gasteiger partial charge in [-0.2, -0.15) is 5.10 Å². The maximum Gasteiger partial charge on any atom is 0.197 e. The molecule has 2 aromatic heterocycles. The van der Waals surface area contributed by atoms with Gasteiger partial charge in [0.15, 0.2) is 11.6 Å². The lowest BCUT2D eigenvalue weighted by atomic mass is 10.2. The van der Waals surface area contributed by atoms with Crippen LogP contribution in [0.3, 0.4) is 0 Å². The third-order valence-electron chi connectivity index (χ3n) is 1.90. The number of nitrogens with two attached hydrogens (primary N) is 1. The van der Waals surface area contributed by atoms with E-state index in [0.29, 0.717) is 18.2 Å². The van der Waals surface area contributed by atoms with E-state index in [1.54, 1.807) is 6.20 Å². The third-order valence-corrected chi connectivity index (χ3v) is 1.90. The van der Waals surface area contributed by atoms with Crippen molar-refractivity contribution >= 4 is 0 Å². The van der Waals surface area contributed by atoms with Crippen LogP contribution >= 0.6 is 0 Å². The zero-order valence-corrected chi connectivity index (χ0v) is 7.73. The maximum atomic E-state index is 5.54. The van der Waals surface area contributed by atoms with Crippen LogP contribution in [0.5, 0.6) is 0 Å². The van der Waals surface area contributed by atoms with Gasteiger partial charge in [0.05, 0.1) is 5.69 Å². The van der Waals surface area contributed by atoms with Gasteiger partial charge in [-0.3, -0.25) is 5.10 Å². The van der Waals surface area contributed by atoms with Gasteiger partial charge in [-0.25, -0.2) is 15.0 Å². The summed E-state index contributed by atoms with van der Waals surface area (Å²) in [5, 5.41) is 6.43. The summed E-state index contributed by atoms with van der Waals surface area (Å²) in [5.41, 5.74) is 7.34. The summed E-state index contributed by atoms with van der Waals surface area (Å²) in [6, 6.07) is 0. The van der Waals surface area contributed by atoms with E-state index in [0.717, 1.165) is 11.3 Å². The molecule has 6 nitrogen and oxygen atoms in total. The van der Waals surface area contributed by atoms with E-state index in [9.17, 15) is 0 Å². The quantitative estimate of drug-likeness (QED) is 0.696. The topological polar surface area (TPSA) is 93.4 Å². The number of nitrogens with zero attached hydrogens (tertiary/aromatic N) is 4. The molecule has 0 spiro atoms. The second-order valence-electron chi connectivity index (χ2n) is 2.86. The molecular weight excluding hydrogens is 180 g/mol. The van der Waals surface area contributed by atoms with Gasteiger partial charge in [-0.1, -0.05) is 0 Å². The molecule has 14 heavy (non-hydrogen) atoms. The first-order chi connectivity index (χ1) is 6.81. The smallest absolute Gasteiger partial charge is 0.197 e. The van der Waals surface area contributed by atoms with Crippen molar-refractivity contribution in [1.29, 1.82) is 0 Å². The Labute approximate surface area is 80.6 Å². The number of hydrogen-bond donors (Lipinski definition) is 2. The normalized spacial score (nSPS) is 10.4. The standard InChI is InChI=1S/C8H10N6/c1-5-3-10-7(13-6(5)2-9)8-11-4-12-14-8/h3-4H,2,9H2,1H3,(H,11,12,14). The molecule has 0 aliphatic rings. The average molecular weight is 190 g/mol. The van der Waals surface area contributed by atoms with Gasteiger partial charge < -0.3 is 5.73 Å². The molecule has 2 heterocycles. The number of aromatic nitrogens is 5. The van der Waals surface area contributed by atoms with Crippen LogP contribution < -0.4 is 5.73 Å². The second kappa shape index (κ2) is 3.51. The molecule has 0 saturated carbocycles. The molecule has 0 radical (unpaired) electrons. The van der Waals surface area contributed by atoms with Crippen LogP contribution in [-0.4, -0.2) is 25.1 Å². The zero-order valence-electron chi connectivity index (χ0n) is 7.73. The number of H-pyrrole nitrogens is 1. The highest BCUT2D eigenvalue weighted by Gasteiger charge is 2.06. The van der Waals surface area contributed by atoms with Gasteiger partial charge in [0.1, 0.15) is 6.33 Å².